The van der Waals surface area contributed by atoms with Crippen LogP contribution in [-0.4, -0.2) is 306 Å². The lowest BCUT2D eigenvalue weighted by molar-refractivity contribution is -0.380. The summed E-state index contributed by atoms with van der Waals surface area (Å²) in [5.74, 6) is -4.57. The molecule has 25 atom stereocenters. The van der Waals surface area contributed by atoms with E-state index in [-0.39, 0.29) is 22.3 Å². The van der Waals surface area contributed by atoms with E-state index in [0.717, 1.165) is 7.11 Å². The fraction of sp³-hybridized carbons (Fsp3) is 0.479. The first-order chi connectivity index (χ1) is 62.5. The molecule has 0 unspecified atom stereocenters. The van der Waals surface area contributed by atoms with Crippen molar-refractivity contribution in [2.45, 2.75) is 193 Å². The third kappa shape index (κ3) is 32.6. The Hall–Kier alpha value is -7.42. The fourth-order valence-corrected chi connectivity index (χ4v) is 18.3. The molecule has 5 saturated heterocycles. The number of rotatable bonds is 48. The van der Waals surface area contributed by atoms with E-state index in [1.165, 1.54) is 138 Å². The van der Waals surface area contributed by atoms with Gasteiger partial charge in [0.05, 0.1) is 59.5 Å². The molecule has 5 aliphatic heterocycles. The molecule has 52 nitrogen and oxygen atoms in total. The molecule has 13 N–H and O–H groups in total. The zero-order valence-electron chi connectivity index (χ0n) is 68.3. The van der Waals surface area contributed by atoms with E-state index < -0.39 is 308 Å². The van der Waals surface area contributed by atoms with Gasteiger partial charge in [-0.05, 0) is 33.4 Å². The first-order valence-electron chi connectivity index (χ1n) is 38.7. The van der Waals surface area contributed by atoms with Crippen LogP contribution in [-0.2, 0) is 229 Å². The highest BCUT2D eigenvalue weighted by Gasteiger charge is 2.63. The van der Waals surface area contributed by atoms with Crippen molar-refractivity contribution in [3.63, 3.8) is 0 Å². The van der Waals surface area contributed by atoms with Gasteiger partial charge in [0.25, 0.3) is 0 Å². The smallest absolute Gasteiger partial charge is 0.397 e. The van der Waals surface area contributed by atoms with Gasteiger partial charge in [0.15, 0.2) is 49.8 Å². The summed E-state index contributed by atoms with van der Waals surface area (Å²) in [5.41, 5.74) is 1.38. The average molecular weight is 2050 g/mol. The molecular weight excluding hydrogens is 1960 g/mol. The van der Waals surface area contributed by atoms with Gasteiger partial charge < -0.3 is 86.0 Å². The monoisotopic (exact) mass is 2050 g/mol. The predicted molar refractivity (Wildman–Crippen MR) is 436 cm³/mol. The van der Waals surface area contributed by atoms with Crippen LogP contribution in [0.25, 0.3) is 0 Å². The third-order valence-corrected chi connectivity index (χ3v) is 23.9. The molecule has 133 heavy (non-hydrogen) atoms. The van der Waals surface area contributed by atoms with Crippen LogP contribution in [0.5, 0.6) is 0 Å². The normalized spacial score (nSPS) is 30.0. The van der Waals surface area contributed by atoms with Crippen LogP contribution in [0.1, 0.15) is 33.4 Å². The number of carboxylic acid groups (broad SMARTS) is 2. The van der Waals surface area contributed by atoms with E-state index in [2.05, 4.69) is 4.18 Å². The minimum atomic E-state index is -6.43. The first-order valence-corrected chi connectivity index (χ1v) is 49.9. The lowest BCUT2D eigenvalue weighted by Crippen LogP contribution is -2.72. The van der Waals surface area contributed by atoms with Gasteiger partial charge in [-0.25, -0.2) is 30.5 Å². The van der Waals surface area contributed by atoms with E-state index in [1.54, 1.807) is 53.3 Å². The predicted octanol–water partition coefficient (Wildman–Crippen LogP) is -0.403. The number of carboxylic acids is 2. The molecule has 60 heteroatoms. The number of aliphatic carboxylic acids is 2. The number of hydrogen-bond donors (Lipinski definition) is 13. The Morgan fingerprint density at radius 3 is 0.820 bits per heavy atom. The molecule has 0 bridgehead atoms. The second kappa shape index (κ2) is 46.4. The van der Waals surface area contributed by atoms with Gasteiger partial charge in [-0.1, -0.05) is 182 Å². The molecule has 11 rings (SSSR count). The van der Waals surface area contributed by atoms with Crippen LogP contribution in [0.2, 0.25) is 0 Å². The van der Waals surface area contributed by atoms with Gasteiger partial charge in [0.2, 0.25) is 0 Å². The topological polar surface area (TPSA) is 739 Å². The van der Waals surface area contributed by atoms with Gasteiger partial charge in [-0.15, -0.1) is 0 Å². The number of benzene rings is 6. The van der Waals surface area contributed by atoms with Crippen molar-refractivity contribution in [2.24, 2.45) is 0 Å². The zero-order valence-corrected chi connectivity index (χ0v) is 74.8. The quantitative estimate of drug-likeness (QED) is 0.0216. The first kappa shape index (κ1) is 106. The van der Waals surface area contributed by atoms with E-state index in [1.807, 2.05) is 4.72 Å². The molecule has 0 amide bonds. The summed E-state index contributed by atoms with van der Waals surface area (Å²) >= 11 is 0. The fourth-order valence-electron chi connectivity index (χ4n) is 14.6. The molecule has 738 valence electrons. The zero-order chi connectivity index (χ0) is 96.6. The van der Waals surface area contributed by atoms with Crippen LogP contribution in [0.3, 0.4) is 0 Å². The Labute approximate surface area is 760 Å². The molecule has 0 radical (unpaired) electrons. The highest BCUT2D eigenvalue weighted by Crippen LogP contribution is 2.42. The standard InChI is InChI=1S/C73H89N3O49S8/c1-105-69-50(74-126(81,82)83)57(108-34-43-24-12-4-13-25-43)54(48(115-69)39-113-130(93,94)95)118-73-66(125-133(102,103)104)60(110-36-45-28-16-6-17-29-45)62(64(123-73)68(79)80)121-71-52(76-128(87,88)89)58(124-132(99,100)101)55(49(117-71)40-114-131(96,97)98)119-72-65(111-37-46-30-18-7-19-31-46)59(109-35-44-26-14-5-15-27-44)61(63(122-72)67(77)78)120-70-51(75-127(84,85)86)56(107-33-42-22-10-3-11-23-42)53(47(116-70)38-112-129(90,91)92)106-32-41-20-8-2-9-21-41/h2-31,47-66,69-76H,32-40H2,1H3,(H,77,78)(H,79,80)(H,81,82,83)(H,84,85,86)(H,87,88,89)(H,90,91,92)(H,93,94,95)(H,96,97,98)(H,99,100,101)(H,102,103,104)/t47-,48-,49-,50-,51-,52-,53-,54-,55-,56-,57-,58-,59+,60+,61+,62+,63+,64-,65-,66-,69+,70-,71-,72-,73-/m1/s1. The Kier molecular flexibility index (Phi) is 37.0. The average Bonchev–Trinajstić information content (AvgIpc) is 0.752. The van der Waals surface area contributed by atoms with Crippen LogP contribution >= 0.6 is 0 Å². The summed E-state index contributed by atoms with van der Waals surface area (Å²) in [6, 6.07) is 37.0. The highest BCUT2D eigenvalue weighted by atomic mass is 32.3. The summed E-state index contributed by atoms with van der Waals surface area (Å²) in [5, 5.41) is 23.1. The molecule has 5 fully saturated rings. The van der Waals surface area contributed by atoms with Crippen molar-refractivity contribution in [3.8, 4) is 0 Å². The van der Waals surface area contributed by atoms with Crippen molar-refractivity contribution in [1.29, 1.82) is 0 Å². The van der Waals surface area contributed by atoms with Crippen LogP contribution in [0.4, 0.5) is 0 Å². The largest absolute Gasteiger partial charge is 0.479 e. The molecule has 5 heterocycles. The molecule has 6 aromatic rings. The molecule has 6 aromatic carbocycles. The summed E-state index contributed by atoms with van der Waals surface area (Å²) in [6.07, 6.45) is -57.3. The Bertz CT molecular complexity index is 5760. The van der Waals surface area contributed by atoms with Crippen molar-refractivity contribution in [1.82, 2.24) is 14.2 Å². The number of carbonyl (C=O) groups is 2. The summed E-state index contributed by atoms with van der Waals surface area (Å²) in [6.45, 7) is -8.72. The van der Waals surface area contributed by atoms with Crippen molar-refractivity contribution in [2.75, 3.05) is 26.9 Å². The van der Waals surface area contributed by atoms with Gasteiger partial charge >= 0.3 is 94.8 Å². The maximum atomic E-state index is 14.5. The number of ether oxygens (including phenoxy) is 16. The van der Waals surface area contributed by atoms with Crippen molar-refractivity contribution >= 4 is 94.8 Å². The van der Waals surface area contributed by atoms with Gasteiger partial charge in [-0.2, -0.15) is 81.5 Å². The van der Waals surface area contributed by atoms with Crippen molar-refractivity contribution < 1.29 is 220 Å². The van der Waals surface area contributed by atoms with Crippen LogP contribution in [0.15, 0.2) is 182 Å². The number of methoxy groups -OCH3 is 1. The van der Waals surface area contributed by atoms with Gasteiger partial charge in [0, 0.05) is 7.11 Å². The third-order valence-electron chi connectivity index (χ3n) is 20.0. The van der Waals surface area contributed by atoms with Crippen LogP contribution in [0, 0.1) is 0 Å². The lowest BCUT2D eigenvalue weighted by atomic mass is 9.94. The maximum absolute atomic E-state index is 14.5. The van der Waals surface area contributed by atoms with E-state index in [4.69, 9.17) is 92.5 Å². The minimum Gasteiger partial charge on any atom is -0.479 e. The van der Waals surface area contributed by atoms with Gasteiger partial charge in [0.1, 0.15) is 104 Å². The lowest BCUT2D eigenvalue weighted by Gasteiger charge is -2.52. The molecular formula is C73H89N3O49S8. The Balaban J connectivity index is 1.06. The summed E-state index contributed by atoms with van der Waals surface area (Å²) < 4.78 is 423. The van der Waals surface area contributed by atoms with E-state index in [9.17, 15) is 124 Å². The summed E-state index contributed by atoms with van der Waals surface area (Å²) in [4.78, 5) is 28.8. The Morgan fingerprint density at radius 1 is 0.278 bits per heavy atom. The molecule has 0 aliphatic carbocycles. The van der Waals surface area contributed by atoms with Crippen molar-refractivity contribution in [3.05, 3.63) is 215 Å². The van der Waals surface area contributed by atoms with Gasteiger partial charge in [-0.3, -0.25) is 36.4 Å². The molecule has 0 spiro atoms. The van der Waals surface area contributed by atoms with E-state index in [0.29, 0.717) is 11.1 Å². The number of nitrogens with one attached hydrogen (secondary N) is 3. The molecule has 0 saturated carbocycles. The SMILES string of the molecule is CO[C@H]1O[C@H](COS(=O)(=O)O)[C@@H](O[C@@H]2O[C@@H](C(=O)O)[C@@H](O[C@H]3O[C@H](COS(=O)(=O)O)[C@@H](O[C@@H]4O[C@H](C(=O)O)[C@@H](O[C@H]5O[C@H](COS(=O)(=O)O)[C@@H](OCc6ccccc6)[C@H](OCc6ccccc6)[C@H]5NS(=O)(=O)O)[C@H](OCc5ccccc5)[C@H]4OCc4ccccc4)[C@H](OS(=O)(=O)O)[C@H]3NS(=O)(=O)O)[C@H](OCc3ccccc3)[C@H]2OS(=O)(=O)O)[C@H](OCc2ccccc2)[C@H]1NS(=O)(=O)O. The maximum Gasteiger partial charge on any atom is 0.397 e. The summed E-state index contributed by atoms with van der Waals surface area (Å²) in [7, 11) is -46.2. The molecule has 5 aliphatic rings. The molecule has 0 aromatic heterocycles. The second-order valence-corrected chi connectivity index (χ2v) is 38.3. The Morgan fingerprint density at radius 2 is 0.519 bits per heavy atom. The minimum absolute atomic E-state index is 0.0230. The van der Waals surface area contributed by atoms with E-state index >= 15 is 0 Å². The highest BCUT2D eigenvalue weighted by molar-refractivity contribution is 7.84. The second-order valence-electron chi connectivity index (χ2n) is 29.3. The number of hydrogen-bond acceptors (Lipinski definition) is 39. The van der Waals surface area contributed by atoms with Crippen LogP contribution < -0.4 is 14.2 Å².